The smallest absolute Gasteiger partial charge is 0.316 e. The highest BCUT2D eigenvalue weighted by Crippen LogP contribution is 2.26. The average Bonchev–Trinajstić information content (AvgIpc) is 2.28. The van der Waals surface area contributed by atoms with Gasteiger partial charge in [0.1, 0.15) is 11.6 Å². The Labute approximate surface area is 109 Å². The number of thioether (sulfide) groups is 1. The third-order valence-electron chi connectivity index (χ3n) is 2.08. The lowest BCUT2D eigenvalue weighted by atomic mass is 10.2. The molecule has 1 aromatic carbocycles. The van der Waals surface area contributed by atoms with Crippen molar-refractivity contribution in [3.05, 3.63) is 29.3 Å². The van der Waals surface area contributed by atoms with Crippen LogP contribution >= 0.6 is 11.8 Å². The summed E-state index contributed by atoms with van der Waals surface area (Å²) in [5.41, 5.74) is 0.521. The van der Waals surface area contributed by atoms with Crippen molar-refractivity contribution in [1.82, 2.24) is 5.32 Å². The molecule has 0 aliphatic heterocycles. The van der Waals surface area contributed by atoms with Crippen molar-refractivity contribution in [3.8, 4) is 0 Å². The first-order valence-electron chi connectivity index (χ1n) is 5.49. The number of nitrogens with one attached hydrogen (secondary N) is 1. The second kappa shape index (κ2) is 7.33. The van der Waals surface area contributed by atoms with Crippen LogP contribution in [0.2, 0.25) is 0 Å². The van der Waals surface area contributed by atoms with Crippen LogP contribution in [0.3, 0.4) is 0 Å². The monoisotopic (exact) mass is 275 g/mol. The Balaban J connectivity index is 2.74. The Morgan fingerprint density at radius 1 is 1.39 bits per heavy atom. The van der Waals surface area contributed by atoms with Crippen molar-refractivity contribution in [2.75, 3.05) is 19.4 Å². The van der Waals surface area contributed by atoms with E-state index >= 15 is 0 Å². The molecule has 0 spiro atoms. The first-order valence-corrected chi connectivity index (χ1v) is 6.48. The summed E-state index contributed by atoms with van der Waals surface area (Å²) >= 11 is 0.804. The van der Waals surface area contributed by atoms with Crippen LogP contribution in [0.15, 0.2) is 17.0 Å². The minimum absolute atomic E-state index is 0.104. The van der Waals surface area contributed by atoms with Crippen molar-refractivity contribution in [1.29, 1.82) is 0 Å². The molecular formula is C12H15F2NO2S. The van der Waals surface area contributed by atoms with E-state index in [9.17, 15) is 13.6 Å². The number of hydrogen-bond acceptors (Lipinski definition) is 4. The molecule has 0 aliphatic rings. The van der Waals surface area contributed by atoms with Gasteiger partial charge in [-0.15, -0.1) is 11.8 Å². The highest BCUT2D eigenvalue weighted by atomic mass is 32.2. The van der Waals surface area contributed by atoms with Gasteiger partial charge in [-0.3, -0.25) is 4.79 Å². The zero-order chi connectivity index (χ0) is 13.5. The van der Waals surface area contributed by atoms with Crippen LogP contribution in [0.1, 0.15) is 12.5 Å². The number of esters is 1. The third kappa shape index (κ3) is 4.27. The molecule has 0 saturated heterocycles. The van der Waals surface area contributed by atoms with Crippen LogP contribution in [-0.4, -0.2) is 25.4 Å². The molecule has 0 aliphatic carbocycles. The van der Waals surface area contributed by atoms with Gasteiger partial charge in [-0.05, 0) is 31.7 Å². The van der Waals surface area contributed by atoms with Crippen molar-refractivity contribution in [2.45, 2.75) is 18.4 Å². The highest BCUT2D eigenvalue weighted by molar-refractivity contribution is 8.00. The van der Waals surface area contributed by atoms with E-state index in [0.29, 0.717) is 12.1 Å². The number of rotatable bonds is 6. The second-order valence-electron chi connectivity index (χ2n) is 3.51. The first-order chi connectivity index (χ1) is 8.58. The largest absolute Gasteiger partial charge is 0.465 e. The molecule has 0 unspecified atom stereocenters. The molecule has 0 heterocycles. The Bertz CT molecular complexity index is 404. The number of halogens is 2. The van der Waals surface area contributed by atoms with Crippen LogP contribution < -0.4 is 5.32 Å². The van der Waals surface area contributed by atoms with Crippen LogP contribution in [-0.2, 0) is 16.1 Å². The van der Waals surface area contributed by atoms with Gasteiger partial charge in [-0.25, -0.2) is 8.78 Å². The standard InChI is InChI=1S/C12H15F2NO2S/c1-3-17-11(16)7-18-12-9(13)4-8(6-15-2)5-10(12)14/h4-5,15H,3,6-7H2,1-2H3. The van der Waals surface area contributed by atoms with Crippen LogP contribution in [0.25, 0.3) is 0 Å². The van der Waals surface area contributed by atoms with E-state index < -0.39 is 17.6 Å². The lowest BCUT2D eigenvalue weighted by Crippen LogP contribution is -2.08. The second-order valence-corrected chi connectivity index (χ2v) is 4.50. The lowest BCUT2D eigenvalue weighted by Gasteiger charge is -2.07. The van der Waals surface area contributed by atoms with Crippen molar-refractivity contribution < 1.29 is 18.3 Å². The Morgan fingerprint density at radius 3 is 2.50 bits per heavy atom. The fraction of sp³-hybridized carbons (Fsp3) is 0.417. The summed E-state index contributed by atoms with van der Waals surface area (Å²) in [7, 11) is 1.69. The van der Waals surface area contributed by atoms with Gasteiger partial charge in [0.25, 0.3) is 0 Å². The molecule has 1 rings (SSSR count). The van der Waals surface area contributed by atoms with E-state index in [1.807, 2.05) is 0 Å². The maximum atomic E-state index is 13.6. The van der Waals surface area contributed by atoms with Crippen molar-refractivity contribution >= 4 is 17.7 Å². The molecular weight excluding hydrogens is 260 g/mol. The van der Waals surface area contributed by atoms with Gasteiger partial charge in [0.2, 0.25) is 0 Å². The minimum atomic E-state index is -0.658. The van der Waals surface area contributed by atoms with E-state index in [1.165, 1.54) is 12.1 Å². The number of hydrogen-bond donors (Lipinski definition) is 1. The van der Waals surface area contributed by atoms with Gasteiger partial charge < -0.3 is 10.1 Å². The van der Waals surface area contributed by atoms with Crippen LogP contribution in [0.5, 0.6) is 0 Å². The van der Waals surface area contributed by atoms with E-state index in [2.05, 4.69) is 5.32 Å². The van der Waals surface area contributed by atoms with Crippen LogP contribution in [0.4, 0.5) is 8.78 Å². The van der Waals surface area contributed by atoms with Gasteiger partial charge in [0, 0.05) is 6.54 Å². The summed E-state index contributed by atoms with van der Waals surface area (Å²) in [6.45, 7) is 2.32. The molecule has 0 radical (unpaired) electrons. The van der Waals surface area contributed by atoms with Gasteiger partial charge in [0.05, 0.1) is 17.3 Å². The Kier molecular flexibility index (Phi) is 6.07. The van der Waals surface area contributed by atoms with E-state index in [-0.39, 0.29) is 17.3 Å². The molecule has 18 heavy (non-hydrogen) atoms. The predicted octanol–water partition coefficient (Wildman–Crippen LogP) is 2.34. The first kappa shape index (κ1) is 14.9. The molecule has 0 aromatic heterocycles. The molecule has 1 aromatic rings. The number of benzene rings is 1. The fourth-order valence-corrected chi connectivity index (χ4v) is 2.13. The Morgan fingerprint density at radius 2 is 2.00 bits per heavy atom. The average molecular weight is 275 g/mol. The summed E-state index contributed by atoms with van der Waals surface area (Å²) < 4.78 is 32.0. The highest BCUT2D eigenvalue weighted by Gasteiger charge is 2.13. The zero-order valence-corrected chi connectivity index (χ0v) is 11.1. The number of ether oxygens (including phenoxy) is 1. The number of carbonyl (C=O) groups is 1. The van der Waals surface area contributed by atoms with Crippen molar-refractivity contribution in [3.63, 3.8) is 0 Å². The third-order valence-corrected chi connectivity index (χ3v) is 3.14. The lowest BCUT2D eigenvalue weighted by molar-refractivity contribution is -0.139. The minimum Gasteiger partial charge on any atom is -0.465 e. The maximum absolute atomic E-state index is 13.6. The molecule has 0 amide bonds. The molecule has 0 fully saturated rings. The Hall–Kier alpha value is -1.14. The van der Waals surface area contributed by atoms with E-state index in [1.54, 1.807) is 14.0 Å². The molecule has 6 heteroatoms. The summed E-state index contributed by atoms with van der Waals surface area (Å²) in [4.78, 5) is 11.0. The summed E-state index contributed by atoms with van der Waals surface area (Å²) in [6.07, 6.45) is 0. The fourth-order valence-electron chi connectivity index (χ4n) is 1.39. The topological polar surface area (TPSA) is 38.3 Å². The normalized spacial score (nSPS) is 10.4. The SMILES string of the molecule is CCOC(=O)CSc1c(F)cc(CNC)cc1F. The summed E-state index contributed by atoms with van der Waals surface area (Å²) in [5.74, 6) is -1.91. The van der Waals surface area contributed by atoms with E-state index in [4.69, 9.17) is 4.74 Å². The molecule has 3 nitrogen and oxygen atoms in total. The van der Waals surface area contributed by atoms with Crippen molar-refractivity contribution in [2.24, 2.45) is 0 Å². The van der Waals surface area contributed by atoms with Gasteiger partial charge in [-0.2, -0.15) is 0 Å². The molecule has 0 saturated carbocycles. The zero-order valence-electron chi connectivity index (χ0n) is 10.3. The van der Waals surface area contributed by atoms with Gasteiger partial charge in [0.15, 0.2) is 0 Å². The molecule has 0 atom stereocenters. The van der Waals surface area contributed by atoms with Gasteiger partial charge >= 0.3 is 5.97 Å². The predicted molar refractivity (Wildman–Crippen MR) is 66.5 cm³/mol. The molecule has 1 N–H and O–H groups in total. The van der Waals surface area contributed by atoms with Gasteiger partial charge in [-0.1, -0.05) is 0 Å². The molecule has 0 bridgehead atoms. The number of carbonyl (C=O) groups excluding carboxylic acids is 1. The van der Waals surface area contributed by atoms with Crippen LogP contribution in [0, 0.1) is 11.6 Å². The quantitative estimate of drug-likeness (QED) is 0.639. The maximum Gasteiger partial charge on any atom is 0.316 e. The summed E-state index contributed by atoms with van der Waals surface area (Å²) in [6, 6.07) is 2.51. The molecule has 100 valence electrons. The summed E-state index contributed by atoms with van der Waals surface area (Å²) in [5, 5.41) is 2.81. The van der Waals surface area contributed by atoms with E-state index in [0.717, 1.165) is 11.8 Å².